The molecule has 0 aliphatic heterocycles. The first-order valence-corrected chi connectivity index (χ1v) is 3.42. The smallest absolute Gasteiger partial charge is 0.341 e. The lowest BCUT2D eigenvalue weighted by Crippen LogP contribution is -2.03. The Morgan fingerprint density at radius 1 is 1.62 bits per heavy atom. The number of halogens is 1. The number of benzene rings is 1. The molecular formula is C8H8FNO3. The van der Waals surface area contributed by atoms with Crippen LogP contribution in [0, 0.1) is 5.82 Å². The van der Waals surface area contributed by atoms with Crippen LogP contribution in [0.3, 0.4) is 0 Å². The molecule has 0 amide bonds. The quantitative estimate of drug-likeness (QED) is 0.503. The van der Waals surface area contributed by atoms with Crippen molar-refractivity contribution in [1.82, 2.24) is 0 Å². The molecule has 70 valence electrons. The second-order valence-corrected chi connectivity index (χ2v) is 2.38. The van der Waals surface area contributed by atoms with Gasteiger partial charge in [0.05, 0.1) is 12.8 Å². The fraction of sp³-hybridized carbons (Fsp3) is 0.125. The zero-order chi connectivity index (χ0) is 10.0. The van der Waals surface area contributed by atoms with Crippen molar-refractivity contribution >= 4 is 11.7 Å². The number of phenolic OH excluding ortho intramolecular Hbond substituents is 1. The van der Waals surface area contributed by atoms with Gasteiger partial charge in [-0.1, -0.05) is 0 Å². The van der Waals surface area contributed by atoms with Crippen molar-refractivity contribution in [3.05, 3.63) is 23.5 Å². The summed E-state index contributed by atoms with van der Waals surface area (Å²) in [5.74, 6) is -1.97. The van der Waals surface area contributed by atoms with Gasteiger partial charge in [-0.25, -0.2) is 9.18 Å². The lowest BCUT2D eigenvalue weighted by molar-refractivity contribution is 0.0597. The molecule has 0 aliphatic carbocycles. The third kappa shape index (κ3) is 1.69. The molecule has 1 aromatic carbocycles. The summed E-state index contributed by atoms with van der Waals surface area (Å²) < 4.78 is 17.1. The average molecular weight is 185 g/mol. The first-order chi connectivity index (χ1) is 6.06. The molecule has 0 spiro atoms. The summed E-state index contributed by atoms with van der Waals surface area (Å²) in [6.45, 7) is 0. The molecule has 4 nitrogen and oxygen atoms in total. The van der Waals surface area contributed by atoms with Crippen LogP contribution in [0.1, 0.15) is 10.4 Å². The SMILES string of the molecule is COC(=O)c1cc(F)c(N)cc1O. The number of phenols is 1. The van der Waals surface area contributed by atoms with Crippen molar-refractivity contribution in [2.45, 2.75) is 0 Å². The highest BCUT2D eigenvalue weighted by atomic mass is 19.1. The van der Waals surface area contributed by atoms with Crippen LogP contribution in [0.4, 0.5) is 10.1 Å². The van der Waals surface area contributed by atoms with Crippen LogP contribution in [0.25, 0.3) is 0 Å². The van der Waals surface area contributed by atoms with E-state index in [4.69, 9.17) is 10.8 Å². The molecule has 0 saturated carbocycles. The zero-order valence-electron chi connectivity index (χ0n) is 6.87. The van der Waals surface area contributed by atoms with Gasteiger partial charge in [-0.3, -0.25) is 0 Å². The van der Waals surface area contributed by atoms with E-state index in [0.717, 1.165) is 19.2 Å². The Morgan fingerprint density at radius 2 is 2.23 bits per heavy atom. The van der Waals surface area contributed by atoms with Gasteiger partial charge in [0.1, 0.15) is 17.1 Å². The van der Waals surface area contributed by atoms with Crippen LogP contribution >= 0.6 is 0 Å². The molecule has 0 unspecified atom stereocenters. The Morgan fingerprint density at radius 3 is 2.77 bits per heavy atom. The van der Waals surface area contributed by atoms with Gasteiger partial charge in [-0.2, -0.15) is 0 Å². The fourth-order valence-corrected chi connectivity index (χ4v) is 0.851. The number of rotatable bonds is 1. The van der Waals surface area contributed by atoms with E-state index in [1.807, 2.05) is 0 Å². The van der Waals surface area contributed by atoms with Gasteiger partial charge >= 0.3 is 5.97 Å². The standard InChI is InChI=1S/C8H8FNO3/c1-13-8(12)4-2-5(9)6(10)3-7(4)11/h2-3,11H,10H2,1H3. The fourth-order valence-electron chi connectivity index (χ4n) is 0.851. The summed E-state index contributed by atoms with van der Waals surface area (Å²) in [5, 5.41) is 9.17. The number of methoxy groups -OCH3 is 1. The van der Waals surface area contributed by atoms with Crippen molar-refractivity contribution in [2.24, 2.45) is 0 Å². The van der Waals surface area contributed by atoms with Gasteiger partial charge in [0, 0.05) is 6.07 Å². The molecule has 0 atom stereocenters. The second-order valence-electron chi connectivity index (χ2n) is 2.38. The van der Waals surface area contributed by atoms with Crippen LogP contribution in [-0.2, 0) is 4.74 Å². The first kappa shape index (κ1) is 9.31. The average Bonchev–Trinajstić information content (AvgIpc) is 2.10. The number of carbonyl (C=O) groups excluding carboxylic acids is 1. The maximum Gasteiger partial charge on any atom is 0.341 e. The molecule has 0 aromatic heterocycles. The minimum Gasteiger partial charge on any atom is -0.507 e. The van der Waals surface area contributed by atoms with Gasteiger partial charge in [0.15, 0.2) is 0 Å². The van der Waals surface area contributed by atoms with Crippen LogP contribution in [0.15, 0.2) is 12.1 Å². The molecule has 0 bridgehead atoms. The molecule has 0 aliphatic rings. The van der Waals surface area contributed by atoms with Crippen molar-refractivity contribution < 1.29 is 19.0 Å². The summed E-state index contributed by atoms with van der Waals surface area (Å²) in [7, 11) is 1.13. The molecule has 1 rings (SSSR count). The third-order valence-corrected chi connectivity index (χ3v) is 1.52. The van der Waals surface area contributed by atoms with E-state index in [2.05, 4.69) is 4.74 Å². The monoisotopic (exact) mass is 185 g/mol. The predicted molar refractivity (Wildman–Crippen MR) is 43.8 cm³/mol. The number of nitrogen functional groups attached to an aromatic ring is 1. The maximum absolute atomic E-state index is 12.8. The Hall–Kier alpha value is -1.78. The first-order valence-electron chi connectivity index (χ1n) is 3.42. The van der Waals surface area contributed by atoms with Crippen LogP contribution in [-0.4, -0.2) is 18.2 Å². The van der Waals surface area contributed by atoms with Gasteiger partial charge in [0.25, 0.3) is 0 Å². The van der Waals surface area contributed by atoms with E-state index in [-0.39, 0.29) is 11.3 Å². The molecule has 0 saturated heterocycles. The van der Waals surface area contributed by atoms with Gasteiger partial charge in [-0.15, -0.1) is 0 Å². The van der Waals surface area contributed by atoms with Gasteiger partial charge in [0.2, 0.25) is 0 Å². The van der Waals surface area contributed by atoms with Crippen molar-refractivity contribution in [3.63, 3.8) is 0 Å². The molecular weight excluding hydrogens is 177 g/mol. The number of carbonyl (C=O) groups is 1. The minimum absolute atomic E-state index is 0.217. The highest BCUT2D eigenvalue weighted by Crippen LogP contribution is 2.23. The molecule has 13 heavy (non-hydrogen) atoms. The second kappa shape index (κ2) is 3.30. The molecule has 0 heterocycles. The summed E-state index contributed by atoms with van der Waals surface area (Å²) in [6, 6.07) is 1.79. The highest BCUT2D eigenvalue weighted by molar-refractivity contribution is 5.92. The predicted octanol–water partition coefficient (Wildman–Crippen LogP) is 0.900. The van der Waals surface area contributed by atoms with Gasteiger partial charge < -0.3 is 15.6 Å². The topological polar surface area (TPSA) is 72.5 Å². The third-order valence-electron chi connectivity index (χ3n) is 1.52. The van der Waals surface area contributed by atoms with E-state index < -0.39 is 17.5 Å². The summed E-state index contributed by atoms with van der Waals surface area (Å²) in [4.78, 5) is 10.9. The van der Waals surface area contributed by atoms with Crippen molar-refractivity contribution in [2.75, 3.05) is 12.8 Å². The van der Waals surface area contributed by atoms with E-state index in [1.165, 1.54) is 0 Å². The van der Waals surface area contributed by atoms with Gasteiger partial charge in [-0.05, 0) is 6.07 Å². The van der Waals surface area contributed by atoms with E-state index >= 15 is 0 Å². The Kier molecular flexibility index (Phi) is 2.36. The van der Waals surface area contributed by atoms with Crippen LogP contribution < -0.4 is 5.73 Å². The van der Waals surface area contributed by atoms with E-state index in [1.54, 1.807) is 0 Å². The number of hydrogen-bond donors (Lipinski definition) is 2. The molecule has 5 heteroatoms. The number of anilines is 1. The normalized spacial score (nSPS) is 9.69. The lowest BCUT2D eigenvalue weighted by atomic mass is 10.2. The number of esters is 1. The molecule has 3 N–H and O–H groups in total. The molecule has 0 fully saturated rings. The van der Waals surface area contributed by atoms with Crippen molar-refractivity contribution in [3.8, 4) is 5.75 Å². The summed E-state index contributed by atoms with van der Waals surface area (Å²) in [6.07, 6.45) is 0. The van der Waals surface area contributed by atoms with E-state index in [0.29, 0.717) is 0 Å². The maximum atomic E-state index is 12.8. The van der Waals surface area contributed by atoms with Crippen LogP contribution in [0.5, 0.6) is 5.75 Å². The molecule has 1 aromatic rings. The summed E-state index contributed by atoms with van der Waals surface area (Å²) >= 11 is 0. The van der Waals surface area contributed by atoms with E-state index in [9.17, 15) is 9.18 Å². The minimum atomic E-state index is -0.809. The summed E-state index contributed by atoms with van der Waals surface area (Å²) in [5.41, 5.74) is 4.69. The number of nitrogens with two attached hydrogens (primary N) is 1. The number of ether oxygens (including phenoxy) is 1. The zero-order valence-corrected chi connectivity index (χ0v) is 6.87. The number of hydrogen-bond acceptors (Lipinski definition) is 4. The Labute approximate surface area is 73.7 Å². The Bertz CT molecular complexity index is 351. The number of aromatic hydroxyl groups is 1. The Balaban J connectivity index is 3.23. The molecule has 0 radical (unpaired) electrons. The highest BCUT2D eigenvalue weighted by Gasteiger charge is 2.14. The van der Waals surface area contributed by atoms with Crippen molar-refractivity contribution in [1.29, 1.82) is 0 Å². The lowest BCUT2D eigenvalue weighted by Gasteiger charge is -2.03. The largest absolute Gasteiger partial charge is 0.507 e. The van der Waals surface area contributed by atoms with Crippen LogP contribution in [0.2, 0.25) is 0 Å².